The van der Waals surface area contributed by atoms with Crippen LogP contribution < -0.4 is 5.73 Å². The molecule has 2 N–H and O–H groups in total. The van der Waals surface area contributed by atoms with E-state index in [1.807, 2.05) is 0 Å². The maximum absolute atomic E-state index is 12.3. The molecule has 0 radical (unpaired) electrons. The first-order valence-electron chi connectivity index (χ1n) is 5.43. The van der Waals surface area contributed by atoms with E-state index in [2.05, 4.69) is 0 Å². The number of fused-ring (bicyclic) bond motifs is 2. The second-order valence-electron chi connectivity index (χ2n) is 4.61. The fourth-order valence-electron chi connectivity index (χ4n) is 2.75. The number of nitrogen functional groups attached to an aromatic ring is 1. The number of rotatable bonds is 2. The molecule has 2 fully saturated rings. The minimum atomic E-state index is -3.28. The van der Waals surface area contributed by atoms with Crippen LogP contribution in [0.3, 0.4) is 0 Å². The molecule has 1 aliphatic carbocycles. The molecule has 2 unspecified atom stereocenters. The van der Waals surface area contributed by atoms with Crippen LogP contribution in [0.25, 0.3) is 0 Å². The van der Waals surface area contributed by atoms with Gasteiger partial charge in [0.25, 0.3) is 10.0 Å². The van der Waals surface area contributed by atoms with Crippen LogP contribution in [-0.4, -0.2) is 25.3 Å². The number of hydrogen-bond donors (Lipinski definition) is 1. The maximum atomic E-state index is 12.3. The van der Waals surface area contributed by atoms with Crippen molar-refractivity contribution in [3.63, 3.8) is 0 Å². The number of nitrogens with two attached hydrogens (primary N) is 1. The molecular weight excluding hydrogens is 244 g/mol. The summed E-state index contributed by atoms with van der Waals surface area (Å²) in [7, 11) is -3.28. The van der Waals surface area contributed by atoms with Crippen LogP contribution in [0.15, 0.2) is 15.7 Å². The number of anilines is 1. The molecule has 6 heteroatoms. The first-order valence-corrected chi connectivity index (χ1v) is 7.75. The van der Waals surface area contributed by atoms with Crippen molar-refractivity contribution in [3.05, 3.63) is 11.4 Å². The Morgan fingerprint density at radius 2 is 2.25 bits per heavy atom. The lowest BCUT2D eigenvalue weighted by Gasteiger charge is -2.25. The standard InChI is InChI=1S/C10H14N2O2S2/c11-8-4-10(15-6-8)16(13,14)12-5-7-1-2-9(12)3-7/h4,6-7,9H,1-3,5,11H2. The zero-order valence-electron chi connectivity index (χ0n) is 8.80. The molecular formula is C10H14N2O2S2. The third kappa shape index (κ3) is 1.48. The van der Waals surface area contributed by atoms with Gasteiger partial charge in [-0.05, 0) is 31.2 Å². The maximum Gasteiger partial charge on any atom is 0.252 e. The van der Waals surface area contributed by atoms with Gasteiger partial charge in [0.2, 0.25) is 0 Å². The number of sulfonamides is 1. The van der Waals surface area contributed by atoms with E-state index in [1.54, 1.807) is 15.8 Å². The van der Waals surface area contributed by atoms with Crippen LogP contribution >= 0.6 is 11.3 Å². The van der Waals surface area contributed by atoms with Gasteiger partial charge in [-0.25, -0.2) is 8.42 Å². The van der Waals surface area contributed by atoms with Gasteiger partial charge in [-0.2, -0.15) is 4.31 Å². The Kier molecular flexibility index (Phi) is 2.28. The largest absolute Gasteiger partial charge is 0.398 e. The molecule has 2 bridgehead atoms. The second-order valence-corrected chi connectivity index (χ2v) is 7.64. The van der Waals surface area contributed by atoms with Crippen molar-refractivity contribution in [2.45, 2.75) is 29.5 Å². The zero-order chi connectivity index (χ0) is 11.3. The molecule has 1 aromatic heterocycles. The zero-order valence-corrected chi connectivity index (χ0v) is 10.4. The van der Waals surface area contributed by atoms with Crippen LogP contribution in [0.1, 0.15) is 19.3 Å². The first kappa shape index (κ1) is 10.6. The number of hydrogen-bond acceptors (Lipinski definition) is 4. The Morgan fingerprint density at radius 3 is 2.75 bits per heavy atom. The summed E-state index contributed by atoms with van der Waals surface area (Å²) >= 11 is 1.22. The highest BCUT2D eigenvalue weighted by Crippen LogP contribution is 2.41. The Hall–Kier alpha value is -0.590. The van der Waals surface area contributed by atoms with Gasteiger partial charge in [0.05, 0.1) is 0 Å². The van der Waals surface area contributed by atoms with Crippen molar-refractivity contribution >= 4 is 27.0 Å². The first-order chi connectivity index (χ1) is 7.57. The lowest BCUT2D eigenvalue weighted by atomic mass is 10.1. The summed E-state index contributed by atoms with van der Waals surface area (Å²) in [5, 5.41) is 1.68. The van der Waals surface area contributed by atoms with Gasteiger partial charge in [-0.15, -0.1) is 11.3 Å². The van der Waals surface area contributed by atoms with E-state index in [1.165, 1.54) is 17.8 Å². The van der Waals surface area contributed by atoms with Crippen molar-refractivity contribution in [2.24, 2.45) is 5.92 Å². The molecule has 2 aliphatic rings. The molecule has 4 nitrogen and oxygen atoms in total. The van der Waals surface area contributed by atoms with E-state index in [-0.39, 0.29) is 6.04 Å². The summed E-state index contributed by atoms with van der Waals surface area (Å²) in [5.74, 6) is 0.581. The van der Waals surface area contributed by atoms with Crippen molar-refractivity contribution in [1.29, 1.82) is 0 Å². The van der Waals surface area contributed by atoms with E-state index in [0.29, 0.717) is 22.4 Å². The lowest BCUT2D eigenvalue weighted by Crippen LogP contribution is -2.37. The number of piperidine rings is 1. The molecule has 16 heavy (non-hydrogen) atoms. The Balaban J connectivity index is 1.94. The van der Waals surface area contributed by atoms with Gasteiger partial charge in [0.1, 0.15) is 4.21 Å². The van der Waals surface area contributed by atoms with Gasteiger partial charge in [-0.3, -0.25) is 0 Å². The van der Waals surface area contributed by atoms with Crippen LogP contribution in [0.4, 0.5) is 5.69 Å². The molecule has 1 saturated heterocycles. The van der Waals surface area contributed by atoms with Crippen molar-refractivity contribution < 1.29 is 8.42 Å². The molecule has 1 aromatic rings. The minimum absolute atomic E-state index is 0.235. The Bertz CT molecular complexity index is 509. The predicted octanol–water partition coefficient (Wildman–Crippen LogP) is 1.50. The summed E-state index contributed by atoms with van der Waals surface area (Å²) < 4.78 is 26.7. The number of thiophene rings is 1. The SMILES string of the molecule is Nc1csc(S(=O)(=O)N2CC3CCC2C3)c1. The summed E-state index contributed by atoms with van der Waals surface area (Å²) in [6, 6.07) is 1.80. The molecule has 0 aromatic carbocycles. The molecule has 0 amide bonds. The normalized spacial score (nSPS) is 30.0. The lowest BCUT2D eigenvalue weighted by molar-refractivity contribution is 0.334. The third-order valence-corrected chi connectivity index (χ3v) is 6.87. The van der Waals surface area contributed by atoms with Crippen LogP contribution in [-0.2, 0) is 10.0 Å². The summed E-state index contributed by atoms with van der Waals surface area (Å²) in [5.41, 5.74) is 6.11. The van der Waals surface area contributed by atoms with Crippen molar-refractivity contribution in [1.82, 2.24) is 4.31 Å². The quantitative estimate of drug-likeness (QED) is 0.874. The molecule has 1 saturated carbocycles. The van der Waals surface area contributed by atoms with Gasteiger partial charge >= 0.3 is 0 Å². The fourth-order valence-corrected chi connectivity index (χ4v) is 5.70. The average molecular weight is 258 g/mol. The molecule has 0 spiro atoms. The van der Waals surface area contributed by atoms with Gasteiger partial charge in [0, 0.05) is 23.7 Å². The van der Waals surface area contributed by atoms with Gasteiger partial charge < -0.3 is 5.73 Å². The monoisotopic (exact) mass is 258 g/mol. The minimum Gasteiger partial charge on any atom is -0.398 e. The fraction of sp³-hybridized carbons (Fsp3) is 0.600. The second kappa shape index (κ2) is 3.45. The highest BCUT2D eigenvalue weighted by molar-refractivity contribution is 7.91. The smallest absolute Gasteiger partial charge is 0.252 e. The molecule has 2 atom stereocenters. The van der Waals surface area contributed by atoms with E-state index in [4.69, 9.17) is 5.73 Å². The molecule has 1 aliphatic heterocycles. The van der Waals surface area contributed by atoms with Gasteiger partial charge in [-0.1, -0.05) is 0 Å². The van der Waals surface area contributed by atoms with Crippen LogP contribution in [0.5, 0.6) is 0 Å². The van der Waals surface area contributed by atoms with Crippen molar-refractivity contribution in [3.8, 4) is 0 Å². The molecule has 88 valence electrons. The summed E-state index contributed by atoms with van der Waals surface area (Å²) in [6.07, 6.45) is 3.24. The van der Waals surface area contributed by atoms with Crippen LogP contribution in [0, 0.1) is 5.92 Å². The topological polar surface area (TPSA) is 63.4 Å². The van der Waals surface area contributed by atoms with E-state index >= 15 is 0 Å². The molecule has 2 heterocycles. The van der Waals surface area contributed by atoms with E-state index in [0.717, 1.165) is 12.8 Å². The van der Waals surface area contributed by atoms with Gasteiger partial charge in [0.15, 0.2) is 0 Å². The third-order valence-electron chi connectivity index (χ3n) is 3.52. The summed E-state index contributed by atoms with van der Waals surface area (Å²) in [6.45, 7) is 0.699. The average Bonchev–Trinajstić information content (AvgIpc) is 2.91. The van der Waals surface area contributed by atoms with Crippen LogP contribution in [0.2, 0.25) is 0 Å². The highest BCUT2D eigenvalue weighted by atomic mass is 32.2. The predicted molar refractivity (Wildman–Crippen MR) is 63.8 cm³/mol. The number of nitrogens with zero attached hydrogens (tertiary/aromatic N) is 1. The highest BCUT2D eigenvalue weighted by Gasteiger charge is 2.44. The Labute approximate surface area is 99.1 Å². The van der Waals surface area contributed by atoms with E-state index in [9.17, 15) is 8.42 Å². The van der Waals surface area contributed by atoms with E-state index < -0.39 is 10.0 Å². The summed E-state index contributed by atoms with van der Waals surface area (Å²) in [4.78, 5) is 0. The van der Waals surface area contributed by atoms with Crippen molar-refractivity contribution in [2.75, 3.05) is 12.3 Å². The Morgan fingerprint density at radius 1 is 1.44 bits per heavy atom. The molecule has 3 rings (SSSR count).